The van der Waals surface area contributed by atoms with Gasteiger partial charge in [-0.2, -0.15) is 5.26 Å². The molecular weight excluding hydrogens is 311 g/mol. The normalized spacial score (nSPS) is 9.95. The summed E-state index contributed by atoms with van der Waals surface area (Å²) in [6.45, 7) is 0.223. The van der Waals surface area contributed by atoms with Crippen molar-refractivity contribution >= 4 is 21.6 Å². The van der Waals surface area contributed by atoms with Crippen LogP contribution in [0.15, 0.2) is 40.9 Å². The van der Waals surface area contributed by atoms with Crippen molar-refractivity contribution in [2.24, 2.45) is 0 Å². The second kappa shape index (κ2) is 5.72. The SMILES string of the molecule is N#Cc1cccc(COc2cc(F)c(Br)cc2N)c1. The summed E-state index contributed by atoms with van der Waals surface area (Å²) in [6.07, 6.45) is 0. The standard InChI is InChI=1S/C14H10BrFN2O/c15-11-5-13(18)14(6-12(11)16)19-8-10-3-1-2-9(4-10)7-17/h1-6H,8,18H2. The molecule has 0 amide bonds. The van der Waals surface area contributed by atoms with Crippen LogP contribution in [0, 0.1) is 17.1 Å². The maximum absolute atomic E-state index is 13.4. The Balaban J connectivity index is 2.14. The van der Waals surface area contributed by atoms with E-state index in [4.69, 9.17) is 15.7 Å². The molecule has 0 unspecified atom stereocenters. The summed E-state index contributed by atoms with van der Waals surface area (Å²) in [5.74, 6) is -0.155. The number of nitrogen functional groups attached to an aromatic ring is 1. The van der Waals surface area contributed by atoms with Crippen molar-refractivity contribution in [1.29, 1.82) is 5.26 Å². The minimum Gasteiger partial charge on any atom is -0.487 e. The fraction of sp³-hybridized carbons (Fsp3) is 0.0714. The van der Waals surface area contributed by atoms with Crippen molar-refractivity contribution in [1.82, 2.24) is 0 Å². The summed E-state index contributed by atoms with van der Waals surface area (Å²) in [4.78, 5) is 0. The van der Waals surface area contributed by atoms with Crippen LogP contribution >= 0.6 is 15.9 Å². The monoisotopic (exact) mass is 320 g/mol. The van der Waals surface area contributed by atoms with E-state index in [1.807, 2.05) is 12.1 Å². The van der Waals surface area contributed by atoms with Crippen molar-refractivity contribution in [2.45, 2.75) is 6.61 Å². The van der Waals surface area contributed by atoms with E-state index in [9.17, 15) is 4.39 Å². The van der Waals surface area contributed by atoms with E-state index in [2.05, 4.69) is 15.9 Å². The molecule has 0 spiro atoms. The number of benzene rings is 2. The van der Waals surface area contributed by atoms with Gasteiger partial charge in [-0.25, -0.2) is 4.39 Å². The molecule has 96 valence electrons. The van der Waals surface area contributed by atoms with E-state index < -0.39 is 5.82 Å². The molecule has 0 radical (unpaired) electrons. The fourth-order valence-electron chi connectivity index (χ4n) is 1.56. The number of halogens is 2. The summed E-state index contributed by atoms with van der Waals surface area (Å²) < 4.78 is 19.1. The Bertz CT molecular complexity index is 652. The summed E-state index contributed by atoms with van der Waals surface area (Å²) in [5, 5.41) is 8.79. The molecule has 0 aliphatic carbocycles. The van der Waals surface area contributed by atoms with Crippen LogP contribution in [-0.4, -0.2) is 0 Å². The van der Waals surface area contributed by atoms with Gasteiger partial charge in [0.15, 0.2) is 0 Å². The minimum absolute atomic E-state index is 0.223. The molecular formula is C14H10BrFN2O. The van der Waals surface area contributed by atoms with Crippen LogP contribution in [0.5, 0.6) is 5.75 Å². The lowest BCUT2D eigenvalue weighted by atomic mass is 10.1. The summed E-state index contributed by atoms with van der Waals surface area (Å²) in [7, 11) is 0. The lowest BCUT2D eigenvalue weighted by molar-refractivity contribution is 0.306. The molecule has 2 N–H and O–H groups in total. The highest BCUT2D eigenvalue weighted by atomic mass is 79.9. The van der Waals surface area contributed by atoms with Gasteiger partial charge in [0.2, 0.25) is 0 Å². The zero-order chi connectivity index (χ0) is 13.8. The third-order valence-corrected chi connectivity index (χ3v) is 3.11. The molecule has 0 heterocycles. The molecule has 0 aliphatic heterocycles. The first-order chi connectivity index (χ1) is 9.10. The smallest absolute Gasteiger partial charge is 0.145 e. The van der Waals surface area contributed by atoms with Crippen LogP contribution in [0.1, 0.15) is 11.1 Å². The van der Waals surface area contributed by atoms with Gasteiger partial charge in [0.1, 0.15) is 18.2 Å². The Hall–Kier alpha value is -2.06. The molecule has 0 aliphatic rings. The number of hydrogen-bond acceptors (Lipinski definition) is 3. The van der Waals surface area contributed by atoms with E-state index in [1.54, 1.807) is 18.2 Å². The van der Waals surface area contributed by atoms with Crippen LogP contribution in [0.3, 0.4) is 0 Å². The zero-order valence-corrected chi connectivity index (χ0v) is 11.4. The van der Waals surface area contributed by atoms with Gasteiger partial charge in [0.25, 0.3) is 0 Å². The minimum atomic E-state index is -0.435. The predicted octanol–water partition coefficient (Wildman–Crippen LogP) is 3.62. The van der Waals surface area contributed by atoms with Crippen molar-refractivity contribution in [2.75, 3.05) is 5.73 Å². The molecule has 0 bridgehead atoms. The van der Waals surface area contributed by atoms with Gasteiger partial charge >= 0.3 is 0 Å². The number of rotatable bonds is 3. The van der Waals surface area contributed by atoms with Crippen LogP contribution in [0.4, 0.5) is 10.1 Å². The molecule has 0 saturated heterocycles. The molecule has 0 aromatic heterocycles. The number of nitriles is 1. The van der Waals surface area contributed by atoms with Crippen LogP contribution in [0.2, 0.25) is 0 Å². The molecule has 3 nitrogen and oxygen atoms in total. The van der Waals surface area contributed by atoms with E-state index in [0.29, 0.717) is 15.7 Å². The summed E-state index contributed by atoms with van der Waals surface area (Å²) >= 11 is 3.05. The lowest BCUT2D eigenvalue weighted by Gasteiger charge is -2.10. The predicted molar refractivity (Wildman–Crippen MR) is 74.0 cm³/mol. The fourth-order valence-corrected chi connectivity index (χ4v) is 1.92. The molecule has 2 rings (SSSR count). The molecule has 5 heteroatoms. The Morgan fingerprint density at radius 1 is 1.32 bits per heavy atom. The Morgan fingerprint density at radius 3 is 2.84 bits per heavy atom. The number of ether oxygens (including phenoxy) is 1. The van der Waals surface area contributed by atoms with Crippen molar-refractivity contribution in [3.8, 4) is 11.8 Å². The largest absolute Gasteiger partial charge is 0.487 e. The molecule has 19 heavy (non-hydrogen) atoms. The number of anilines is 1. The first-order valence-electron chi connectivity index (χ1n) is 5.46. The second-order valence-electron chi connectivity index (χ2n) is 3.90. The average molecular weight is 321 g/mol. The summed E-state index contributed by atoms with van der Waals surface area (Å²) in [5.41, 5.74) is 7.46. The highest BCUT2D eigenvalue weighted by molar-refractivity contribution is 9.10. The van der Waals surface area contributed by atoms with E-state index in [0.717, 1.165) is 5.56 Å². The first-order valence-corrected chi connectivity index (χ1v) is 6.26. The number of nitrogens with two attached hydrogens (primary N) is 1. The molecule has 0 fully saturated rings. The Morgan fingerprint density at radius 2 is 2.11 bits per heavy atom. The highest BCUT2D eigenvalue weighted by Gasteiger charge is 2.07. The van der Waals surface area contributed by atoms with Gasteiger partial charge in [-0.15, -0.1) is 0 Å². The van der Waals surface area contributed by atoms with Gasteiger partial charge in [-0.1, -0.05) is 12.1 Å². The van der Waals surface area contributed by atoms with Crippen molar-refractivity contribution in [3.05, 3.63) is 57.8 Å². The third-order valence-electron chi connectivity index (χ3n) is 2.50. The van der Waals surface area contributed by atoms with Gasteiger partial charge < -0.3 is 10.5 Å². The zero-order valence-electron chi connectivity index (χ0n) is 9.86. The topological polar surface area (TPSA) is 59.0 Å². The second-order valence-corrected chi connectivity index (χ2v) is 4.76. The van der Waals surface area contributed by atoms with Crippen LogP contribution < -0.4 is 10.5 Å². The average Bonchev–Trinajstić information content (AvgIpc) is 2.41. The van der Waals surface area contributed by atoms with Gasteiger partial charge in [-0.3, -0.25) is 0 Å². The molecule has 0 saturated carbocycles. The number of hydrogen-bond donors (Lipinski definition) is 1. The van der Waals surface area contributed by atoms with Crippen molar-refractivity contribution in [3.63, 3.8) is 0 Å². The first kappa shape index (κ1) is 13.4. The molecule has 0 atom stereocenters. The van der Waals surface area contributed by atoms with E-state index in [1.165, 1.54) is 12.1 Å². The molecule has 2 aromatic carbocycles. The van der Waals surface area contributed by atoms with Gasteiger partial charge in [0.05, 0.1) is 21.8 Å². The highest BCUT2D eigenvalue weighted by Crippen LogP contribution is 2.29. The van der Waals surface area contributed by atoms with Gasteiger partial charge in [0, 0.05) is 6.07 Å². The van der Waals surface area contributed by atoms with E-state index in [-0.39, 0.29) is 12.4 Å². The maximum Gasteiger partial charge on any atom is 0.145 e. The lowest BCUT2D eigenvalue weighted by Crippen LogP contribution is -2.00. The van der Waals surface area contributed by atoms with Crippen LogP contribution in [-0.2, 0) is 6.61 Å². The van der Waals surface area contributed by atoms with Crippen LogP contribution in [0.25, 0.3) is 0 Å². The maximum atomic E-state index is 13.4. The van der Waals surface area contributed by atoms with E-state index >= 15 is 0 Å². The van der Waals surface area contributed by atoms with Gasteiger partial charge in [-0.05, 0) is 39.7 Å². The third kappa shape index (κ3) is 3.24. The molecule has 2 aromatic rings. The quantitative estimate of drug-likeness (QED) is 0.879. The Labute approximate surface area is 118 Å². The number of nitrogens with zero attached hydrogens (tertiary/aromatic N) is 1. The Kier molecular flexibility index (Phi) is 4.03. The van der Waals surface area contributed by atoms with Crippen molar-refractivity contribution < 1.29 is 9.13 Å². The summed E-state index contributed by atoms with van der Waals surface area (Å²) in [6, 6.07) is 11.7.